The van der Waals surface area contributed by atoms with Crippen molar-refractivity contribution in [2.75, 3.05) is 0 Å². The fourth-order valence-corrected chi connectivity index (χ4v) is 2.48. The van der Waals surface area contributed by atoms with Crippen molar-refractivity contribution in [2.24, 2.45) is 0 Å². The quantitative estimate of drug-likeness (QED) is 0.812. The molecule has 0 saturated heterocycles. The molecule has 0 N–H and O–H groups in total. The van der Waals surface area contributed by atoms with Crippen LogP contribution in [0.3, 0.4) is 0 Å². The zero-order valence-corrected chi connectivity index (χ0v) is 11.0. The number of aromatic nitrogens is 4. The average Bonchev–Trinajstić information content (AvgIpc) is 2.91. The molecular formula is C13H20N4. The topological polar surface area (TPSA) is 35.6 Å². The van der Waals surface area contributed by atoms with Crippen LogP contribution in [0.2, 0.25) is 0 Å². The van der Waals surface area contributed by atoms with Gasteiger partial charge in [-0.2, -0.15) is 0 Å². The maximum absolute atomic E-state index is 4.13. The normalized spacial score (nSPS) is 12.9. The van der Waals surface area contributed by atoms with Crippen LogP contribution < -0.4 is 0 Å². The number of nitrogens with zero attached hydrogens (tertiary/aromatic N) is 4. The van der Waals surface area contributed by atoms with Gasteiger partial charge in [0, 0.05) is 35.9 Å². The van der Waals surface area contributed by atoms with E-state index in [0.717, 1.165) is 6.42 Å². The molecule has 0 fully saturated rings. The highest BCUT2D eigenvalue weighted by atomic mass is 15.1. The summed E-state index contributed by atoms with van der Waals surface area (Å²) >= 11 is 0. The van der Waals surface area contributed by atoms with E-state index in [9.17, 15) is 0 Å². The Hall–Kier alpha value is -1.58. The SMILES string of the molecule is CC(C)(CC(C)(C)n1ccnc1)n1ccnc1. The van der Waals surface area contributed by atoms with E-state index < -0.39 is 0 Å². The zero-order chi connectivity index (χ0) is 12.5. The van der Waals surface area contributed by atoms with Crippen molar-refractivity contribution >= 4 is 0 Å². The molecule has 4 heteroatoms. The van der Waals surface area contributed by atoms with E-state index in [2.05, 4.69) is 46.8 Å². The largest absolute Gasteiger partial charge is 0.332 e. The molecule has 0 spiro atoms. The van der Waals surface area contributed by atoms with Crippen molar-refractivity contribution in [2.45, 2.75) is 45.2 Å². The summed E-state index contributed by atoms with van der Waals surface area (Å²) in [5.41, 5.74) is 0.0640. The predicted octanol–water partition coefficient (Wildman–Crippen LogP) is 2.64. The maximum Gasteiger partial charge on any atom is 0.0950 e. The third-order valence-corrected chi connectivity index (χ3v) is 3.27. The lowest BCUT2D eigenvalue weighted by atomic mass is 9.86. The van der Waals surface area contributed by atoms with Gasteiger partial charge in [-0.3, -0.25) is 0 Å². The van der Waals surface area contributed by atoms with E-state index in [1.165, 1.54) is 0 Å². The van der Waals surface area contributed by atoms with E-state index in [0.29, 0.717) is 0 Å². The molecule has 2 rings (SSSR count). The molecule has 0 aliphatic carbocycles. The predicted molar refractivity (Wildman–Crippen MR) is 67.7 cm³/mol. The average molecular weight is 232 g/mol. The minimum absolute atomic E-state index is 0.0320. The van der Waals surface area contributed by atoms with Crippen molar-refractivity contribution in [3.05, 3.63) is 37.4 Å². The molecule has 0 unspecified atom stereocenters. The summed E-state index contributed by atoms with van der Waals surface area (Å²) in [6, 6.07) is 0. The van der Waals surface area contributed by atoms with Crippen LogP contribution >= 0.6 is 0 Å². The van der Waals surface area contributed by atoms with Crippen molar-refractivity contribution in [1.82, 2.24) is 19.1 Å². The third kappa shape index (κ3) is 2.40. The number of hydrogen-bond acceptors (Lipinski definition) is 2. The Morgan fingerprint density at radius 2 is 1.24 bits per heavy atom. The Morgan fingerprint density at radius 3 is 1.53 bits per heavy atom. The van der Waals surface area contributed by atoms with Gasteiger partial charge in [-0.05, 0) is 34.1 Å². The highest BCUT2D eigenvalue weighted by Crippen LogP contribution is 2.31. The van der Waals surface area contributed by atoms with Gasteiger partial charge >= 0.3 is 0 Å². The molecule has 4 nitrogen and oxygen atoms in total. The lowest BCUT2D eigenvalue weighted by Crippen LogP contribution is -2.37. The molecule has 0 atom stereocenters. The molecule has 2 aromatic rings. The third-order valence-electron chi connectivity index (χ3n) is 3.27. The van der Waals surface area contributed by atoms with Crippen LogP contribution in [0.4, 0.5) is 0 Å². The second-order valence-corrected chi connectivity index (χ2v) is 5.74. The standard InChI is InChI=1S/C13H20N4/c1-12(2,16-7-5-14-10-16)9-13(3,4)17-8-6-15-11-17/h5-8,10-11H,9H2,1-4H3. The molecule has 0 bridgehead atoms. The van der Waals surface area contributed by atoms with Crippen LogP contribution in [0.5, 0.6) is 0 Å². The molecule has 17 heavy (non-hydrogen) atoms. The minimum Gasteiger partial charge on any atom is -0.332 e. The van der Waals surface area contributed by atoms with Gasteiger partial charge < -0.3 is 9.13 Å². The molecule has 2 heterocycles. The van der Waals surface area contributed by atoms with Crippen LogP contribution in [0.25, 0.3) is 0 Å². The highest BCUT2D eigenvalue weighted by molar-refractivity contribution is 4.94. The van der Waals surface area contributed by atoms with Crippen LogP contribution in [0.15, 0.2) is 37.4 Å². The van der Waals surface area contributed by atoms with Gasteiger partial charge in [-0.1, -0.05) is 0 Å². The molecule has 92 valence electrons. The van der Waals surface area contributed by atoms with Crippen LogP contribution in [-0.2, 0) is 11.1 Å². The number of imidazole rings is 2. The summed E-state index contributed by atoms with van der Waals surface area (Å²) in [4.78, 5) is 8.25. The molecule has 0 radical (unpaired) electrons. The van der Waals surface area contributed by atoms with Crippen LogP contribution in [-0.4, -0.2) is 19.1 Å². The van der Waals surface area contributed by atoms with Crippen molar-refractivity contribution < 1.29 is 0 Å². The van der Waals surface area contributed by atoms with Gasteiger partial charge in [0.25, 0.3) is 0 Å². The molecule has 0 aliphatic rings. The van der Waals surface area contributed by atoms with E-state index in [1.807, 2.05) is 37.4 Å². The van der Waals surface area contributed by atoms with Crippen LogP contribution in [0.1, 0.15) is 34.1 Å². The Balaban J connectivity index is 2.21. The number of rotatable bonds is 4. The molecular weight excluding hydrogens is 212 g/mol. The fraction of sp³-hybridized carbons (Fsp3) is 0.538. The molecule has 2 aromatic heterocycles. The van der Waals surface area contributed by atoms with E-state index in [-0.39, 0.29) is 11.1 Å². The fourth-order valence-electron chi connectivity index (χ4n) is 2.48. The second kappa shape index (κ2) is 4.02. The lowest BCUT2D eigenvalue weighted by Gasteiger charge is -2.36. The number of hydrogen-bond donors (Lipinski definition) is 0. The Kier molecular flexibility index (Phi) is 2.81. The van der Waals surface area contributed by atoms with Crippen molar-refractivity contribution in [1.29, 1.82) is 0 Å². The second-order valence-electron chi connectivity index (χ2n) is 5.74. The summed E-state index contributed by atoms with van der Waals surface area (Å²) < 4.78 is 4.32. The van der Waals surface area contributed by atoms with Gasteiger partial charge in [0.1, 0.15) is 0 Å². The summed E-state index contributed by atoms with van der Waals surface area (Å²) in [5.74, 6) is 0. The molecule has 0 aromatic carbocycles. The first-order valence-corrected chi connectivity index (χ1v) is 5.89. The molecule has 0 aliphatic heterocycles. The van der Waals surface area contributed by atoms with Crippen molar-refractivity contribution in [3.63, 3.8) is 0 Å². The van der Waals surface area contributed by atoms with Crippen LogP contribution in [0, 0.1) is 0 Å². The van der Waals surface area contributed by atoms with Gasteiger partial charge in [-0.25, -0.2) is 9.97 Å². The smallest absolute Gasteiger partial charge is 0.0950 e. The minimum atomic E-state index is 0.0320. The summed E-state index contributed by atoms with van der Waals surface area (Å²) in [6.07, 6.45) is 12.5. The summed E-state index contributed by atoms with van der Waals surface area (Å²) in [5, 5.41) is 0. The first-order valence-electron chi connectivity index (χ1n) is 5.89. The molecule has 0 saturated carbocycles. The van der Waals surface area contributed by atoms with Gasteiger partial charge in [0.05, 0.1) is 12.7 Å². The lowest BCUT2D eigenvalue weighted by molar-refractivity contribution is 0.199. The zero-order valence-electron chi connectivity index (χ0n) is 11.0. The van der Waals surface area contributed by atoms with E-state index in [4.69, 9.17) is 0 Å². The van der Waals surface area contributed by atoms with E-state index in [1.54, 1.807) is 0 Å². The monoisotopic (exact) mass is 232 g/mol. The van der Waals surface area contributed by atoms with E-state index >= 15 is 0 Å². The Morgan fingerprint density at radius 1 is 0.824 bits per heavy atom. The summed E-state index contributed by atoms with van der Waals surface area (Å²) in [7, 11) is 0. The first-order chi connectivity index (χ1) is 7.92. The van der Waals surface area contributed by atoms with Crippen molar-refractivity contribution in [3.8, 4) is 0 Å². The molecule has 0 amide bonds. The van der Waals surface area contributed by atoms with Gasteiger partial charge in [0.15, 0.2) is 0 Å². The first kappa shape index (κ1) is 11.9. The van der Waals surface area contributed by atoms with Gasteiger partial charge in [0.2, 0.25) is 0 Å². The van der Waals surface area contributed by atoms with Gasteiger partial charge in [-0.15, -0.1) is 0 Å². The summed E-state index contributed by atoms with van der Waals surface area (Å²) in [6.45, 7) is 8.92. The Bertz CT molecular complexity index is 407. The highest BCUT2D eigenvalue weighted by Gasteiger charge is 2.30. The Labute approximate surface area is 102 Å². The maximum atomic E-state index is 4.13.